The predicted octanol–water partition coefficient (Wildman–Crippen LogP) is 1.25. The molecule has 0 aromatic rings. The first kappa shape index (κ1) is 13.4. The van der Waals surface area contributed by atoms with Crippen LogP contribution in [0.25, 0.3) is 0 Å². The Hall–Kier alpha value is -0.610. The lowest BCUT2D eigenvalue weighted by molar-refractivity contribution is -0.126. The number of nitrogens with one attached hydrogen (secondary N) is 1. The van der Waals surface area contributed by atoms with E-state index >= 15 is 0 Å². The van der Waals surface area contributed by atoms with Crippen molar-refractivity contribution < 1.29 is 4.79 Å². The van der Waals surface area contributed by atoms with Gasteiger partial charge in [-0.25, -0.2) is 0 Å². The maximum atomic E-state index is 12.0. The van der Waals surface area contributed by atoms with E-state index in [-0.39, 0.29) is 11.4 Å². The van der Waals surface area contributed by atoms with Crippen LogP contribution in [0.1, 0.15) is 51.4 Å². The Labute approximate surface area is 116 Å². The number of rotatable bonds is 6. The van der Waals surface area contributed by atoms with Crippen molar-refractivity contribution in [2.24, 2.45) is 11.7 Å². The van der Waals surface area contributed by atoms with Crippen molar-refractivity contribution in [3.05, 3.63) is 0 Å². The number of carbonyl (C=O) groups excluding carboxylic acids is 1. The quantitative estimate of drug-likeness (QED) is 0.760. The average molecular weight is 265 g/mol. The average Bonchev–Trinajstić information content (AvgIpc) is 2.90. The molecular weight excluding hydrogens is 238 g/mol. The van der Waals surface area contributed by atoms with E-state index in [1.807, 2.05) is 0 Å². The van der Waals surface area contributed by atoms with E-state index in [9.17, 15) is 4.79 Å². The highest BCUT2D eigenvalue weighted by atomic mass is 16.1. The molecule has 0 aromatic carbocycles. The molecule has 0 bridgehead atoms. The molecule has 19 heavy (non-hydrogen) atoms. The Kier molecular flexibility index (Phi) is 3.81. The summed E-state index contributed by atoms with van der Waals surface area (Å²) in [4.78, 5) is 14.6. The molecule has 1 amide bonds. The number of carbonyl (C=O) groups is 1. The Morgan fingerprint density at radius 3 is 2.58 bits per heavy atom. The van der Waals surface area contributed by atoms with Crippen molar-refractivity contribution in [1.82, 2.24) is 10.2 Å². The van der Waals surface area contributed by atoms with Crippen LogP contribution in [0.15, 0.2) is 0 Å². The summed E-state index contributed by atoms with van der Waals surface area (Å²) >= 11 is 0. The van der Waals surface area contributed by atoms with E-state index in [1.165, 1.54) is 38.8 Å². The molecule has 2 unspecified atom stereocenters. The molecule has 0 spiro atoms. The van der Waals surface area contributed by atoms with Gasteiger partial charge in [0.15, 0.2) is 0 Å². The van der Waals surface area contributed by atoms with E-state index in [1.54, 1.807) is 0 Å². The third-order valence-corrected chi connectivity index (χ3v) is 5.29. The molecule has 108 valence electrons. The molecule has 2 aliphatic carbocycles. The van der Waals surface area contributed by atoms with Crippen LogP contribution >= 0.6 is 0 Å². The second kappa shape index (κ2) is 5.41. The van der Waals surface area contributed by atoms with Crippen LogP contribution in [-0.2, 0) is 4.79 Å². The van der Waals surface area contributed by atoms with Gasteiger partial charge in [-0.15, -0.1) is 0 Å². The van der Waals surface area contributed by atoms with Crippen molar-refractivity contribution in [1.29, 1.82) is 0 Å². The van der Waals surface area contributed by atoms with Gasteiger partial charge in [-0.1, -0.05) is 6.42 Å². The number of primary amides is 1. The Balaban J connectivity index is 1.61. The molecule has 3 rings (SSSR count). The zero-order chi connectivity index (χ0) is 13.3. The molecule has 1 aliphatic heterocycles. The van der Waals surface area contributed by atoms with Gasteiger partial charge in [0.1, 0.15) is 5.54 Å². The Morgan fingerprint density at radius 2 is 1.95 bits per heavy atom. The zero-order valence-electron chi connectivity index (χ0n) is 11.9. The molecule has 1 heterocycles. The summed E-state index contributed by atoms with van der Waals surface area (Å²) in [6.45, 7) is 3.63. The summed E-state index contributed by atoms with van der Waals surface area (Å²) in [5.74, 6) is 0.342. The van der Waals surface area contributed by atoms with Crippen molar-refractivity contribution >= 4 is 5.91 Å². The van der Waals surface area contributed by atoms with Gasteiger partial charge in [0.05, 0.1) is 0 Å². The summed E-state index contributed by atoms with van der Waals surface area (Å²) in [5, 5.41) is 3.60. The second-order valence-electron chi connectivity index (χ2n) is 6.68. The summed E-state index contributed by atoms with van der Waals surface area (Å²) in [6.07, 6.45) is 9.50. The zero-order valence-corrected chi connectivity index (χ0v) is 11.9. The van der Waals surface area contributed by atoms with Gasteiger partial charge in [-0.05, 0) is 70.5 Å². The van der Waals surface area contributed by atoms with Gasteiger partial charge in [0.25, 0.3) is 0 Å². The predicted molar refractivity (Wildman–Crippen MR) is 75.7 cm³/mol. The number of nitrogens with zero attached hydrogens (tertiary/aromatic N) is 1. The maximum absolute atomic E-state index is 12.0. The first-order valence-corrected chi connectivity index (χ1v) is 8.01. The highest BCUT2D eigenvalue weighted by Crippen LogP contribution is 2.40. The molecular formula is C15H27N3O. The van der Waals surface area contributed by atoms with Crippen LogP contribution in [0.3, 0.4) is 0 Å². The van der Waals surface area contributed by atoms with E-state index < -0.39 is 0 Å². The van der Waals surface area contributed by atoms with Crippen LogP contribution in [0.2, 0.25) is 0 Å². The van der Waals surface area contributed by atoms with Gasteiger partial charge >= 0.3 is 0 Å². The van der Waals surface area contributed by atoms with Crippen LogP contribution in [0, 0.1) is 5.92 Å². The fourth-order valence-electron chi connectivity index (χ4n) is 3.99. The SMILES string of the molecule is NC(=O)C1(NC2CC2)CCCC1CCN1CCCC1. The highest BCUT2D eigenvalue weighted by Gasteiger charge is 2.49. The molecule has 3 aliphatic rings. The van der Waals surface area contributed by atoms with Gasteiger partial charge in [-0.3, -0.25) is 4.79 Å². The monoisotopic (exact) mass is 265 g/mol. The molecule has 4 heteroatoms. The number of hydrogen-bond acceptors (Lipinski definition) is 3. The van der Waals surface area contributed by atoms with Crippen LogP contribution in [0.4, 0.5) is 0 Å². The van der Waals surface area contributed by atoms with Gasteiger partial charge < -0.3 is 16.0 Å². The number of likely N-dealkylation sites (tertiary alicyclic amines) is 1. The highest BCUT2D eigenvalue weighted by molar-refractivity contribution is 5.85. The Bertz CT molecular complexity index is 336. The van der Waals surface area contributed by atoms with Crippen molar-refractivity contribution in [2.45, 2.75) is 62.9 Å². The lowest BCUT2D eigenvalue weighted by atomic mass is 9.83. The van der Waals surface area contributed by atoms with Crippen molar-refractivity contribution in [3.8, 4) is 0 Å². The fraction of sp³-hybridized carbons (Fsp3) is 0.933. The summed E-state index contributed by atoms with van der Waals surface area (Å²) in [7, 11) is 0. The van der Waals surface area contributed by atoms with Gasteiger partial charge in [0.2, 0.25) is 5.91 Å². The number of hydrogen-bond donors (Lipinski definition) is 2. The van der Waals surface area contributed by atoms with E-state index in [2.05, 4.69) is 10.2 Å². The first-order valence-electron chi connectivity index (χ1n) is 8.01. The third-order valence-electron chi connectivity index (χ3n) is 5.29. The molecule has 2 saturated carbocycles. The van der Waals surface area contributed by atoms with Crippen LogP contribution < -0.4 is 11.1 Å². The second-order valence-corrected chi connectivity index (χ2v) is 6.68. The van der Waals surface area contributed by atoms with Crippen LogP contribution in [-0.4, -0.2) is 42.0 Å². The minimum atomic E-state index is -0.388. The van der Waals surface area contributed by atoms with Gasteiger partial charge in [0, 0.05) is 6.04 Å². The fourth-order valence-corrected chi connectivity index (χ4v) is 3.99. The van der Waals surface area contributed by atoms with E-state index in [0.29, 0.717) is 12.0 Å². The molecule has 2 atom stereocenters. The molecule has 1 saturated heterocycles. The lowest BCUT2D eigenvalue weighted by Gasteiger charge is -2.34. The lowest BCUT2D eigenvalue weighted by Crippen LogP contribution is -2.59. The van der Waals surface area contributed by atoms with Crippen molar-refractivity contribution in [3.63, 3.8) is 0 Å². The number of nitrogens with two attached hydrogens (primary N) is 1. The summed E-state index contributed by atoms with van der Waals surface area (Å²) < 4.78 is 0. The summed E-state index contributed by atoms with van der Waals surface area (Å²) in [5.41, 5.74) is 5.38. The minimum Gasteiger partial charge on any atom is -0.368 e. The Morgan fingerprint density at radius 1 is 1.21 bits per heavy atom. The number of amides is 1. The largest absolute Gasteiger partial charge is 0.368 e. The standard InChI is InChI=1S/C15H27N3O/c16-14(19)15(17-13-5-6-13)8-3-4-12(15)7-11-18-9-1-2-10-18/h12-13,17H,1-11H2,(H2,16,19). The van der Waals surface area contributed by atoms with Crippen molar-refractivity contribution in [2.75, 3.05) is 19.6 Å². The molecule has 0 radical (unpaired) electrons. The third kappa shape index (κ3) is 2.79. The molecule has 3 fully saturated rings. The molecule has 3 N–H and O–H groups in total. The van der Waals surface area contributed by atoms with Gasteiger partial charge in [-0.2, -0.15) is 0 Å². The minimum absolute atomic E-state index is 0.108. The topological polar surface area (TPSA) is 58.4 Å². The first-order chi connectivity index (χ1) is 9.21. The normalized spacial score (nSPS) is 35.9. The molecule has 0 aromatic heterocycles. The van der Waals surface area contributed by atoms with Crippen LogP contribution in [0.5, 0.6) is 0 Å². The maximum Gasteiger partial charge on any atom is 0.238 e. The smallest absolute Gasteiger partial charge is 0.238 e. The molecule has 4 nitrogen and oxygen atoms in total. The van der Waals surface area contributed by atoms with E-state index in [0.717, 1.165) is 32.2 Å². The summed E-state index contributed by atoms with van der Waals surface area (Å²) in [6, 6.07) is 0.555. The van der Waals surface area contributed by atoms with E-state index in [4.69, 9.17) is 5.73 Å².